The third kappa shape index (κ3) is 3.82. The Morgan fingerprint density at radius 1 is 1.20 bits per heavy atom. The van der Waals surface area contributed by atoms with E-state index in [1.807, 2.05) is 0 Å². The number of nitrogens with zero attached hydrogens (tertiary/aromatic N) is 2. The molecule has 0 saturated heterocycles. The Kier molecular flexibility index (Phi) is 5.03. The van der Waals surface area contributed by atoms with Gasteiger partial charge in [0, 0.05) is 5.56 Å². The van der Waals surface area contributed by atoms with E-state index in [0.717, 1.165) is 0 Å². The van der Waals surface area contributed by atoms with Crippen LogP contribution in [0.2, 0.25) is 0 Å². The third-order valence-electron chi connectivity index (χ3n) is 3.31. The summed E-state index contributed by atoms with van der Waals surface area (Å²) in [5.74, 6) is 1.62. The molecular weight excluding hydrogens is 394 g/mol. The van der Waals surface area contributed by atoms with E-state index in [0.29, 0.717) is 27.6 Å². The van der Waals surface area contributed by atoms with Gasteiger partial charge in [0.05, 0.1) is 20.8 Å². The van der Waals surface area contributed by atoms with Gasteiger partial charge in [0.15, 0.2) is 21.9 Å². The van der Waals surface area contributed by atoms with Crippen molar-refractivity contribution in [1.82, 2.24) is 15.5 Å². The number of hydrogen-bond acceptors (Lipinski definition) is 7. The van der Waals surface area contributed by atoms with Crippen LogP contribution in [0.5, 0.6) is 11.5 Å². The van der Waals surface area contributed by atoms with Crippen molar-refractivity contribution in [3.8, 4) is 22.9 Å². The summed E-state index contributed by atoms with van der Waals surface area (Å²) in [7, 11) is 3.11. The summed E-state index contributed by atoms with van der Waals surface area (Å²) in [6.07, 6.45) is 0. The summed E-state index contributed by atoms with van der Waals surface area (Å²) in [5, 5.41) is 6.55. The molecule has 0 aliphatic rings. The molecule has 1 N–H and O–H groups in total. The number of ether oxygens (including phenoxy) is 2. The van der Waals surface area contributed by atoms with Crippen LogP contribution in [0.25, 0.3) is 11.4 Å². The van der Waals surface area contributed by atoms with Crippen LogP contribution in [-0.2, 0) is 6.54 Å². The van der Waals surface area contributed by atoms with Gasteiger partial charge in [-0.25, -0.2) is 0 Å². The van der Waals surface area contributed by atoms with Crippen molar-refractivity contribution in [2.75, 3.05) is 14.2 Å². The van der Waals surface area contributed by atoms with E-state index in [4.69, 9.17) is 18.4 Å². The number of amides is 1. The van der Waals surface area contributed by atoms with E-state index >= 15 is 0 Å². The minimum absolute atomic E-state index is 0.0808. The van der Waals surface area contributed by atoms with Gasteiger partial charge in [0.2, 0.25) is 11.7 Å². The molecule has 0 spiro atoms. The molecule has 1 aromatic carbocycles. The average molecular weight is 408 g/mol. The quantitative estimate of drug-likeness (QED) is 0.669. The van der Waals surface area contributed by atoms with Crippen molar-refractivity contribution >= 4 is 21.8 Å². The Balaban J connectivity index is 1.69. The maximum Gasteiger partial charge on any atom is 0.287 e. The largest absolute Gasteiger partial charge is 0.493 e. The highest BCUT2D eigenvalue weighted by molar-refractivity contribution is 9.10. The molecule has 9 heteroatoms. The maximum absolute atomic E-state index is 11.9. The summed E-state index contributed by atoms with van der Waals surface area (Å²) in [6.45, 7) is 0.0808. The number of carbonyl (C=O) groups excluding carboxylic acids is 1. The molecule has 0 aliphatic carbocycles. The van der Waals surface area contributed by atoms with E-state index in [1.165, 1.54) is 0 Å². The van der Waals surface area contributed by atoms with Gasteiger partial charge in [0.25, 0.3) is 5.91 Å². The number of nitrogens with one attached hydrogen (secondary N) is 1. The summed E-state index contributed by atoms with van der Waals surface area (Å²) in [4.78, 5) is 16.2. The second-order valence-electron chi connectivity index (χ2n) is 4.87. The van der Waals surface area contributed by atoms with Crippen molar-refractivity contribution < 1.29 is 23.2 Å². The van der Waals surface area contributed by atoms with Crippen LogP contribution in [-0.4, -0.2) is 30.3 Å². The van der Waals surface area contributed by atoms with Crippen molar-refractivity contribution in [3.05, 3.63) is 46.7 Å². The first-order valence-corrected chi connectivity index (χ1v) is 7.98. The first-order valence-electron chi connectivity index (χ1n) is 7.19. The van der Waals surface area contributed by atoms with Gasteiger partial charge in [-0.05, 0) is 46.3 Å². The van der Waals surface area contributed by atoms with E-state index < -0.39 is 0 Å². The lowest BCUT2D eigenvalue weighted by Gasteiger charge is -2.07. The standard InChI is InChI=1S/C16H14BrN3O5/c1-22-10-4-3-9(7-12(10)23-2)15-19-14(25-20-15)8-18-16(21)11-5-6-13(17)24-11/h3-7H,8H2,1-2H3,(H,18,21). The van der Waals surface area contributed by atoms with Crippen LogP contribution in [0.3, 0.4) is 0 Å². The summed E-state index contributed by atoms with van der Waals surface area (Å²) >= 11 is 3.14. The van der Waals surface area contributed by atoms with Gasteiger partial charge in [-0.2, -0.15) is 4.98 Å². The van der Waals surface area contributed by atoms with Gasteiger partial charge >= 0.3 is 0 Å². The first-order chi connectivity index (χ1) is 12.1. The minimum Gasteiger partial charge on any atom is -0.493 e. The monoisotopic (exact) mass is 407 g/mol. The molecule has 3 aromatic rings. The van der Waals surface area contributed by atoms with Gasteiger partial charge in [-0.1, -0.05) is 5.16 Å². The van der Waals surface area contributed by atoms with Crippen LogP contribution >= 0.6 is 15.9 Å². The van der Waals surface area contributed by atoms with Crippen LogP contribution < -0.4 is 14.8 Å². The van der Waals surface area contributed by atoms with Crippen molar-refractivity contribution in [2.24, 2.45) is 0 Å². The fourth-order valence-corrected chi connectivity index (χ4v) is 2.41. The Morgan fingerprint density at radius 2 is 2.00 bits per heavy atom. The summed E-state index contributed by atoms with van der Waals surface area (Å²) < 4.78 is 21.2. The van der Waals surface area contributed by atoms with E-state index in [-0.39, 0.29) is 24.1 Å². The lowest BCUT2D eigenvalue weighted by atomic mass is 10.2. The second-order valence-corrected chi connectivity index (χ2v) is 5.65. The Labute approximate surface area is 151 Å². The molecule has 0 unspecified atom stereocenters. The fourth-order valence-electron chi connectivity index (χ4n) is 2.10. The minimum atomic E-state index is -0.378. The van der Waals surface area contributed by atoms with Crippen LogP contribution in [0.15, 0.2) is 43.9 Å². The summed E-state index contributed by atoms with van der Waals surface area (Å²) in [5.41, 5.74) is 0.703. The van der Waals surface area contributed by atoms with Gasteiger partial charge in [0.1, 0.15) is 0 Å². The van der Waals surface area contributed by atoms with Crippen molar-refractivity contribution in [3.63, 3.8) is 0 Å². The lowest BCUT2D eigenvalue weighted by molar-refractivity contribution is 0.0917. The Hall–Kier alpha value is -2.81. The molecule has 0 atom stereocenters. The van der Waals surface area contributed by atoms with E-state index in [9.17, 15) is 4.79 Å². The zero-order valence-electron chi connectivity index (χ0n) is 13.4. The van der Waals surface area contributed by atoms with Crippen LogP contribution in [0.4, 0.5) is 0 Å². The van der Waals surface area contributed by atoms with Crippen molar-refractivity contribution in [2.45, 2.75) is 6.54 Å². The molecule has 2 heterocycles. The number of hydrogen-bond donors (Lipinski definition) is 1. The molecule has 0 radical (unpaired) electrons. The lowest BCUT2D eigenvalue weighted by Crippen LogP contribution is -2.22. The van der Waals surface area contributed by atoms with E-state index in [2.05, 4.69) is 31.4 Å². The molecule has 25 heavy (non-hydrogen) atoms. The Morgan fingerprint density at radius 3 is 2.68 bits per heavy atom. The highest BCUT2D eigenvalue weighted by atomic mass is 79.9. The van der Waals surface area contributed by atoms with Gasteiger partial charge in [-0.3, -0.25) is 4.79 Å². The van der Waals surface area contributed by atoms with Crippen molar-refractivity contribution in [1.29, 1.82) is 0 Å². The SMILES string of the molecule is COc1ccc(-c2noc(CNC(=O)c3ccc(Br)o3)n2)cc1OC. The van der Waals surface area contributed by atoms with Gasteiger partial charge in [-0.15, -0.1) is 0 Å². The number of rotatable bonds is 6. The fraction of sp³-hybridized carbons (Fsp3) is 0.188. The van der Waals surface area contributed by atoms with E-state index in [1.54, 1.807) is 44.6 Å². The molecule has 1 amide bonds. The number of methoxy groups -OCH3 is 2. The number of furan rings is 1. The molecule has 3 rings (SSSR count). The molecule has 0 fully saturated rings. The molecule has 130 valence electrons. The predicted molar refractivity (Wildman–Crippen MR) is 90.4 cm³/mol. The number of carbonyl (C=O) groups is 1. The highest BCUT2D eigenvalue weighted by Crippen LogP contribution is 2.31. The number of benzene rings is 1. The van der Waals surface area contributed by atoms with Gasteiger partial charge < -0.3 is 23.7 Å². The predicted octanol–water partition coefficient (Wildman–Crippen LogP) is 3.04. The molecule has 0 aliphatic heterocycles. The third-order valence-corrected chi connectivity index (χ3v) is 3.73. The normalized spacial score (nSPS) is 10.5. The van der Waals surface area contributed by atoms with Crippen LogP contribution in [0.1, 0.15) is 16.4 Å². The topological polar surface area (TPSA) is 99.6 Å². The molecular formula is C16H14BrN3O5. The van der Waals surface area contributed by atoms with Crippen LogP contribution in [0, 0.1) is 0 Å². The average Bonchev–Trinajstić information content (AvgIpc) is 3.28. The molecule has 0 bridgehead atoms. The molecule has 8 nitrogen and oxygen atoms in total. The maximum atomic E-state index is 11.9. The second kappa shape index (κ2) is 7.39. The highest BCUT2D eigenvalue weighted by Gasteiger charge is 2.14. The Bertz CT molecular complexity index is 890. The zero-order chi connectivity index (χ0) is 17.8. The molecule has 0 saturated carbocycles. The zero-order valence-corrected chi connectivity index (χ0v) is 15.0. The number of halogens is 1. The number of aromatic nitrogens is 2. The summed E-state index contributed by atoms with van der Waals surface area (Å²) in [6, 6.07) is 8.47. The first kappa shape index (κ1) is 17.0. The smallest absolute Gasteiger partial charge is 0.287 e. The molecule has 2 aromatic heterocycles.